The van der Waals surface area contributed by atoms with Crippen molar-refractivity contribution >= 4 is 23.2 Å². The highest BCUT2D eigenvalue weighted by atomic mass is 32.1. The van der Waals surface area contributed by atoms with Gasteiger partial charge in [-0.2, -0.15) is 0 Å². The molecule has 0 radical (unpaired) electrons. The van der Waals surface area contributed by atoms with E-state index in [1.54, 1.807) is 11.3 Å². The number of hydrogen-bond donors (Lipinski definition) is 0. The lowest BCUT2D eigenvalue weighted by Gasteiger charge is -2.28. The Morgan fingerprint density at radius 3 is 2.41 bits per heavy atom. The Hall–Kier alpha value is -2.14. The average Bonchev–Trinajstić information content (AvgIpc) is 3.45. The molecule has 0 unspecified atom stereocenters. The maximum atomic E-state index is 13.2. The van der Waals surface area contributed by atoms with Gasteiger partial charge in [-0.15, -0.1) is 11.3 Å². The van der Waals surface area contributed by atoms with E-state index in [9.17, 15) is 9.59 Å². The second-order valence-electron chi connectivity index (χ2n) is 7.88. The Morgan fingerprint density at radius 1 is 0.966 bits per heavy atom. The van der Waals surface area contributed by atoms with Crippen molar-refractivity contribution in [2.45, 2.75) is 71.0 Å². The summed E-state index contributed by atoms with van der Waals surface area (Å²) in [5.41, 5.74) is 1.11. The minimum Gasteiger partial charge on any atom is -0.332 e. The number of nitrogens with zero attached hydrogens (tertiary/aromatic N) is 2. The van der Waals surface area contributed by atoms with Crippen LogP contribution in [0.5, 0.6) is 0 Å². The van der Waals surface area contributed by atoms with Crippen LogP contribution >= 0.6 is 11.3 Å². The molecule has 29 heavy (non-hydrogen) atoms. The second-order valence-corrected chi connectivity index (χ2v) is 8.91. The highest BCUT2D eigenvalue weighted by molar-refractivity contribution is 7.09. The fraction of sp³-hybridized carbons (Fsp3) is 0.500. The summed E-state index contributed by atoms with van der Waals surface area (Å²) in [6, 6.07) is 14.4. The van der Waals surface area contributed by atoms with Gasteiger partial charge in [0.2, 0.25) is 11.8 Å². The fourth-order valence-electron chi connectivity index (χ4n) is 3.53. The number of unbranched alkanes of at least 4 members (excludes halogenated alkanes) is 3. The predicted molar refractivity (Wildman–Crippen MR) is 119 cm³/mol. The smallest absolute Gasteiger partial charge is 0.242 e. The quantitative estimate of drug-likeness (QED) is 0.447. The standard InChI is InChI=1S/C24H32N2O2S/c1-2-3-4-8-13-23(27)26(21-14-15-21)19-24(28)25(18-22-12-9-16-29-22)17-20-10-6-5-7-11-20/h5-7,9-12,16,21H,2-4,8,13-15,17-19H2,1H3. The van der Waals surface area contributed by atoms with Crippen LogP contribution in [0, 0.1) is 0 Å². The number of benzene rings is 1. The zero-order valence-electron chi connectivity index (χ0n) is 17.4. The summed E-state index contributed by atoms with van der Waals surface area (Å²) < 4.78 is 0. The summed E-state index contributed by atoms with van der Waals surface area (Å²) in [5.74, 6) is 0.184. The molecule has 1 aromatic carbocycles. The number of rotatable bonds is 12. The van der Waals surface area contributed by atoms with Crippen LogP contribution in [-0.2, 0) is 22.7 Å². The van der Waals surface area contributed by atoms with Crippen molar-refractivity contribution < 1.29 is 9.59 Å². The number of hydrogen-bond acceptors (Lipinski definition) is 3. The van der Waals surface area contributed by atoms with Crippen LogP contribution in [0.2, 0.25) is 0 Å². The van der Waals surface area contributed by atoms with Crippen molar-refractivity contribution in [3.63, 3.8) is 0 Å². The van der Waals surface area contributed by atoms with Crippen LogP contribution in [0.4, 0.5) is 0 Å². The Labute approximate surface area is 178 Å². The van der Waals surface area contributed by atoms with Crippen LogP contribution < -0.4 is 0 Å². The minimum atomic E-state index is 0.0380. The zero-order chi connectivity index (χ0) is 20.5. The summed E-state index contributed by atoms with van der Waals surface area (Å²) in [4.78, 5) is 30.9. The first-order chi connectivity index (χ1) is 14.2. The first kappa shape index (κ1) is 21.6. The number of carbonyl (C=O) groups is 2. The summed E-state index contributed by atoms with van der Waals surface area (Å²) in [6.45, 7) is 3.54. The molecule has 3 rings (SSSR count). The van der Waals surface area contributed by atoms with Crippen molar-refractivity contribution in [1.82, 2.24) is 9.80 Å². The van der Waals surface area contributed by atoms with Crippen LogP contribution in [0.3, 0.4) is 0 Å². The van der Waals surface area contributed by atoms with Gasteiger partial charge in [0.25, 0.3) is 0 Å². The summed E-state index contributed by atoms with van der Waals surface area (Å²) >= 11 is 1.66. The maximum Gasteiger partial charge on any atom is 0.242 e. The number of carbonyl (C=O) groups excluding carboxylic acids is 2. The third-order valence-corrected chi connectivity index (χ3v) is 6.21. The molecule has 0 atom stereocenters. The molecule has 5 heteroatoms. The molecule has 1 aromatic heterocycles. The number of thiophene rings is 1. The van der Waals surface area contributed by atoms with E-state index in [0.29, 0.717) is 19.5 Å². The van der Waals surface area contributed by atoms with E-state index in [4.69, 9.17) is 0 Å². The van der Waals surface area contributed by atoms with Crippen molar-refractivity contribution in [2.75, 3.05) is 6.54 Å². The summed E-state index contributed by atoms with van der Waals surface area (Å²) in [5, 5.41) is 2.04. The molecule has 2 aromatic rings. The van der Waals surface area contributed by atoms with Crippen molar-refractivity contribution in [1.29, 1.82) is 0 Å². The molecule has 0 bridgehead atoms. The van der Waals surface area contributed by atoms with Gasteiger partial charge in [-0.1, -0.05) is 62.6 Å². The van der Waals surface area contributed by atoms with E-state index >= 15 is 0 Å². The highest BCUT2D eigenvalue weighted by Crippen LogP contribution is 2.28. The van der Waals surface area contributed by atoms with Gasteiger partial charge in [-0.05, 0) is 36.3 Å². The topological polar surface area (TPSA) is 40.6 Å². The predicted octanol–water partition coefficient (Wildman–Crippen LogP) is 5.24. The maximum absolute atomic E-state index is 13.2. The first-order valence-electron chi connectivity index (χ1n) is 10.8. The second kappa shape index (κ2) is 11.1. The third kappa shape index (κ3) is 7.00. The molecule has 2 amide bonds. The number of amides is 2. The lowest BCUT2D eigenvalue weighted by atomic mass is 10.1. The normalized spacial score (nSPS) is 13.3. The Kier molecular flexibility index (Phi) is 8.29. The van der Waals surface area contributed by atoms with Crippen LogP contribution in [0.15, 0.2) is 47.8 Å². The van der Waals surface area contributed by atoms with Gasteiger partial charge in [-0.25, -0.2) is 0 Å². The molecule has 156 valence electrons. The lowest BCUT2D eigenvalue weighted by molar-refractivity contribution is -0.141. The van der Waals surface area contributed by atoms with E-state index in [1.165, 1.54) is 6.42 Å². The van der Waals surface area contributed by atoms with E-state index in [-0.39, 0.29) is 24.4 Å². The molecule has 0 spiro atoms. The van der Waals surface area contributed by atoms with E-state index in [0.717, 1.165) is 42.5 Å². The van der Waals surface area contributed by atoms with E-state index in [2.05, 4.69) is 13.0 Å². The van der Waals surface area contributed by atoms with Gasteiger partial charge in [0.1, 0.15) is 6.54 Å². The molecule has 1 aliphatic rings. The van der Waals surface area contributed by atoms with Crippen LogP contribution in [-0.4, -0.2) is 34.2 Å². The molecular formula is C24H32N2O2S. The van der Waals surface area contributed by atoms with Gasteiger partial charge in [0.15, 0.2) is 0 Å². The third-order valence-electron chi connectivity index (χ3n) is 5.35. The fourth-order valence-corrected chi connectivity index (χ4v) is 4.25. The molecule has 0 N–H and O–H groups in total. The average molecular weight is 413 g/mol. The van der Waals surface area contributed by atoms with Gasteiger partial charge in [0.05, 0.1) is 6.54 Å². The molecule has 0 aliphatic heterocycles. The van der Waals surface area contributed by atoms with Crippen LogP contribution in [0.1, 0.15) is 62.3 Å². The minimum absolute atomic E-state index is 0.0380. The molecular weight excluding hydrogens is 380 g/mol. The van der Waals surface area contributed by atoms with Crippen molar-refractivity contribution in [3.8, 4) is 0 Å². The molecule has 0 saturated heterocycles. The van der Waals surface area contributed by atoms with Crippen LogP contribution in [0.25, 0.3) is 0 Å². The Morgan fingerprint density at radius 2 is 1.76 bits per heavy atom. The monoisotopic (exact) mass is 412 g/mol. The Balaban J connectivity index is 1.64. The SMILES string of the molecule is CCCCCCC(=O)N(CC(=O)N(Cc1ccccc1)Cc1cccs1)C1CC1. The van der Waals surface area contributed by atoms with Crippen molar-refractivity contribution in [2.24, 2.45) is 0 Å². The lowest BCUT2D eigenvalue weighted by Crippen LogP contribution is -2.43. The largest absolute Gasteiger partial charge is 0.332 e. The van der Waals surface area contributed by atoms with Crippen molar-refractivity contribution in [3.05, 3.63) is 58.3 Å². The van der Waals surface area contributed by atoms with E-state index < -0.39 is 0 Å². The van der Waals surface area contributed by atoms with Gasteiger partial charge < -0.3 is 9.80 Å². The van der Waals surface area contributed by atoms with Gasteiger partial charge >= 0.3 is 0 Å². The molecule has 4 nitrogen and oxygen atoms in total. The Bertz CT molecular complexity index is 756. The molecule has 1 saturated carbocycles. The van der Waals surface area contributed by atoms with Gasteiger partial charge in [0, 0.05) is 23.9 Å². The molecule has 1 aliphatic carbocycles. The molecule has 1 fully saturated rings. The van der Waals surface area contributed by atoms with Gasteiger partial charge in [-0.3, -0.25) is 9.59 Å². The molecule has 1 heterocycles. The summed E-state index contributed by atoms with van der Waals surface area (Å²) in [7, 11) is 0. The highest BCUT2D eigenvalue weighted by Gasteiger charge is 2.34. The zero-order valence-corrected chi connectivity index (χ0v) is 18.2. The summed E-state index contributed by atoms with van der Waals surface area (Å²) in [6.07, 6.45) is 6.96. The first-order valence-corrected chi connectivity index (χ1v) is 11.7. The van der Waals surface area contributed by atoms with E-state index in [1.807, 2.05) is 51.6 Å².